The fourth-order valence-electron chi connectivity index (χ4n) is 1.76. The van der Waals surface area contributed by atoms with Gasteiger partial charge in [-0.2, -0.15) is 0 Å². The van der Waals surface area contributed by atoms with E-state index in [1.807, 2.05) is 38.1 Å². The number of ether oxygens (including phenoxy) is 1. The van der Waals surface area contributed by atoms with Gasteiger partial charge < -0.3 is 20.8 Å². The molecule has 1 aromatic carbocycles. The zero-order chi connectivity index (χ0) is 14.0. The second-order valence-corrected chi connectivity index (χ2v) is 5.31. The van der Waals surface area contributed by atoms with E-state index >= 15 is 0 Å². The number of H-pyrrole nitrogens is 1. The standard InChI is InChI=1S/C14H19N3O2/c1-14(2,15)8-16-13(18)12-6-9-4-5-10(19-3)7-11(9)17-12/h4-7,17H,8,15H2,1-3H3,(H,16,18). The molecule has 2 rings (SSSR count). The summed E-state index contributed by atoms with van der Waals surface area (Å²) in [6.45, 7) is 4.15. The predicted octanol–water partition coefficient (Wildman–Crippen LogP) is 1.64. The Hall–Kier alpha value is -2.01. The summed E-state index contributed by atoms with van der Waals surface area (Å²) in [6, 6.07) is 7.45. The molecule has 102 valence electrons. The maximum atomic E-state index is 12.0. The summed E-state index contributed by atoms with van der Waals surface area (Å²) in [5.74, 6) is 0.595. The minimum atomic E-state index is -0.426. The molecular formula is C14H19N3O2. The first kappa shape index (κ1) is 13.4. The summed E-state index contributed by atoms with van der Waals surface area (Å²) in [6.07, 6.45) is 0. The van der Waals surface area contributed by atoms with Gasteiger partial charge in [-0.05, 0) is 32.0 Å². The molecule has 0 fully saturated rings. The quantitative estimate of drug-likeness (QED) is 0.782. The van der Waals surface area contributed by atoms with Crippen LogP contribution in [0.3, 0.4) is 0 Å². The van der Waals surface area contributed by atoms with E-state index < -0.39 is 5.54 Å². The predicted molar refractivity (Wildman–Crippen MR) is 75.5 cm³/mol. The zero-order valence-corrected chi connectivity index (χ0v) is 11.4. The number of hydrogen-bond donors (Lipinski definition) is 3. The molecule has 4 N–H and O–H groups in total. The third-order valence-electron chi connectivity index (χ3n) is 2.78. The van der Waals surface area contributed by atoms with Gasteiger partial charge in [-0.15, -0.1) is 0 Å². The molecule has 2 aromatic rings. The van der Waals surface area contributed by atoms with Crippen LogP contribution in [-0.2, 0) is 0 Å². The number of amides is 1. The molecule has 0 spiro atoms. The van der Waals surface area contributed by atoms with Gasteiger partial charge in [-0.25, -0.2) is 0 Å². The Morgan fingerprint density at radius 3 is 2.79 bits per heavy atom. The highest BCUT2D eigenvalue weighted by Gasteiger charge is 2.14. The minimum absolute atomic E-state index is 0.159. The van der Waals surface area contributed by atoms with Crippen molar-refractivity contribution in [2.45, 2.75) is 19.4 Å². The smallest absolute Gasteiger partial charge is 0.267 e. The van der Waals surface area contributed by atoms with E-state index in [-0.39, 0.29) is 5.91 Å². The molecular weight excluding hydrogens is 242 g/mol. The van der Waals surface area contributed by atoms with E-state index in [1.54, 1.807) is 7.11 Å². The van der Waals surface area contributed by atoms with E-state index in [0.717, 1.165) is 16.7 Å². The van der Waals surface area contributed by atoms with Crippen LogP contribution in [0.4, 0.5) is 0 Å². The van der Waals surface area contributed by atoms with Crippen molar-refractivity contribution in [3.8, 4) is 5.75 Å². The van der Waals surface area contributed by atoms with Crippen molar-refractivity contribution >= 4 is 16.8 Å². The number of rotatable bonds is 4. The van der Waals surface area contributed by atoms with E-state index in [4.69, 9.17) is 10.5 Å². The van der Waals surface area contributed by atoms with Gasteiger partial charge in [0.2, 0.25) is 0 Å². The van der Waals surface area contributed by atoms with Crippen molar-refractivity contribution in [2.75, 3.05) is 13.7 Å². The second-order valence-electron chi connectivity index (χ2n) is 5.31. The SMILES string of the molecule is COc1ccc2cc(C(=O)NCC(C)(C)N)[nH]c2c1. The Morgan fingerprint density at radius 1 is 1.42 bits per heavy atom. The van der Waals surface area contributed by atoms with Crippen LogP contribution in [0.15, 0.2) is 24.3 Å². The maximum Gasteiger partial charge on any atom is 0.267 e. The molecule has 0 saturated heterocycles. The third kappa shape index (κ3) is 3.26. The maximum absolute atomic E-state index is 12.0. The monoisotopic (exact) mass is 261 g/mol. The zero-order valence-electron chi connectivity index (χ0n) is 11.4. The van der Waals surface area contributed by atoms with Gasteiger partial charge in [0.25, 0.3) is 5.91 Å². The summed E-state index contributed by atoms with van der Waals surface area (Å²) in [5.41, 5.74) is 6.80. The molecule has 0 bridgehead atoms. The summed E-state index contributed by atoms with van der Waals surface area (Å²) in [5, 5.41) is 3.77. The van der Waals surface area contributed by atoms with Crippen LogP contribution in [0.1, 0.15) is 24.3 Å². The van der Waals surface area contributed by atoms with Crippen LogP contribution >= 0.6 is 0 Å². The Kier molecular flexibility index (Phi) is 3.48. The first-order valence-corrected chi connectivity index (χ1v) is 6.13. The van der Waals surface area contributed by atoms with Crippen molar-refractivity contribution in [2.24, 2.45) is 5.73 Å². The molecule has 5 nitrogen and oxygen atoms in total. The number of nitrogens with two attached hydrogens (primary N) is 1. The van der Waals surface area contributed by atoms with Crippen LogP contribution in [0.2, 0.25) is 0 Å². The average Bonchev–Trinajstić information content (AvgIpc) is 2.77. The highest BCUT2D eigenvalue weighted by molar-refractivity contribution is 5.98. The molecule has 1 amide bonds. The molecule has 0 aliphatic carbocycles. The number of aromatic nitrogens is 1. The van der Waals surface area contributed by atoms with Gasteiger partial charge in [-0.1, -0.05) is 0 Å². The number of hydrogen-bond acceptors (Lipinski definition) is 3. The molecule has 0 aliphatic heterocycles. The number of nitrogens with one attached hydrogen (secondary N) is 2. The van der Waals surface area contributed by atoms with E-state index in [1.165, 1.54) is 0 Å². The number of carbonyl (C=O) groups is 1. The molecule has 0 saturated carbocycles. The molecule has 19 heavy (non-hydrogen) atoms. The van der Waals surface area contributed by atoms with Crippen LogP contribution < -0.4 is 15.8 Å². The number of benzene rings is 1. The summed E-state index contributed by atoms with van der Waals surface area (Å²) in [4.78, 5) is 15.1. The second kappa shape index (κ2) is 4.93. The summed E-state index contributed by atoms with van der Waals surface area (Å²) < 4.78 is 5.15. The first-order valence-electron chi connectivity index (χ1n) is 6.13. The molecule has 0 unspecified atom stereocenters. The van der Waals surface area contributed by atoms with Crippen molar-refractivity contribution in [3.05, 3.63) is 30.0 Å². The Labute approximate surface area is 112 Å². The van der Waals surface area contributed by atoms with Crippen molar-refractivity contribution in [3.63, 3.8) is 0 Å². The first-order chi connectivity index (χ1) is 8.89. The Morgan fingerprint density at radius 2 is 2.16 bits per heavy atom. The van der Waals surface area contributed by atoms with Gasteiger partial charge in [-0.3, -0.25) is 4.79 Å². The molecule has 1 heterocycles. The van der Waals surface area contributed by atoms with Gasteiger partial charge >= 0.3 is 0 Å². The molecule has 5 heteroatoms. The summed E-state index contributed by atoms with van der Waals surface area (Å²) >= 11 is 0. The number of carbonyl (C=O) groups excluding carboxylic acids is 1. The number of fused-ring (bicyclic) bond motifs is 1. The van der Waals surface area contributed by atoms with Gasteiger partial charge in [0.1, 0.15) is 11.4 Å². The van der Waals surface area contributed by atoms with E-state index in [0.29, 0.717) is 12.2 Å². The highest BCUT2D eigenvalue weighted by Crippen LogP contribution is 2.21. The topological polar surface area (TPSA) is 80.1 Å². The number of aromatic amines is 1. The van der Waals surface area contributed by atoms with E-state index in [9.17, 15) is 4.79 Å². The van der Waals surface area contributed by atoms with E-state index in [2.05, 4.69) is 10.3 Å². The summed E-state index contributed by atoms with van der Waals surface area (Å²) in [7, 11) is 1.61. The fourth-order valence-corrected chi connectivity index (χ4v) is 1.76. The Balaban J connectivity index is 2.19. The molecule has 0 aliphatic rings. The lowest BCUT2D eigenvalue weighted by molar-refractivity contribution is 0.0942. The Bertz CT molecular complexity index is 596. The van der Waals surface area contributed by atoms with Crippen LogP contribution in [-0.4, -0.2) is 30.1 Å². The van der Waals surface area contributed by atoms with Crippen molar-refractivity contribution in [1.29, 1.82) is 0 Å². The normalized spacial score (nSPS) is 11.6. The lowest BCUT2D eigenvalue weighted by Gasteiger charge is -2.18. The highest BCUT2D eigenvalue weighted by atomic mass is 16.5. The van der Waals surface area contributed by atoms with Crippen LogP contribution in [0.5, 0.6) is 5.75 Å². The van der Waals surface area contributed by atoms with Crippen molar-refractivity contribution in [1.82, 2.24) is 10.3 Å². The molecule has 1 aromatic heterocycles. The van der Waals surface area contributed by atoms with Crippen molar-refractivity contribution < 1.29 is 9.53 Å². The van der Waals surface area contributed by atoms with Gasteiger partial charge in [0.15, 0.2) is 0 Å². The number of methoxy groups -OCH3 is 1. The fraction of sp³-hybridized carbons (Fsp3) is 0.357. The van der Waals surface area contributed by atoms with Gasteiger partial charge in [0, 0.05) is 29.1 Å². The lowest BCUT2D eigenvalue weighted by Crippen LogP contribution is -2.45. The molecule has 0 radical (unpaired) electrons. The average molecular weight is 261 g/mol. The lowest BCUT2D eigenvalue weighted by atomic mass is 10.1. The molecule has 0 atom stereocenters. The van der Waals surface area contributed by atoms with Crippen LogP contribution in [0.25, 0.3) is 10.9 Å². The third-order valence-corrected chi connectivity index (χ3v) is 2.78. The van der Waals surface area contributed by atoms with Crippen LogP contribution in [0, 0.1) is 0 Å². The largest absolute Gasteiger partial charge is 0.497 e. The minimum Gasteiger partial charge on any atom is -0.497 e. The van der Waals surface area contributed by atoms with Gasteiger partial charge in [0.05, 0.1) is 7.11 Å².